The van der Waals surface area contributed by atoms with Gasteiger partial charge in [0.1, 0.15) is 0 Å². The van der Waals surface area contributed by atoms with E-state index >= 15 is 0 Å². The minimum atomic E-state index is -0.152. The van der Waals surface area contributed by atoms with Crippen molar-refractivity contribution in [2.75, 3.05) is 6.26 Å². The van der Waals surface area contributed by atoms with Gasteiger partial charge in [-0.1, -0.05) is 48.5 Å². The van der Waals surface area contributed by atoms with Gasteiger partial charge in [-0.15, -0.1) is 11.8 Å². The molecule has 1 heterocycles. The number of carbonyl (C=O) groups excluding carboxylic acids is 1. The number of thioether (sulfide) groups is 1. The van der Waals surface area contributed by atoms with Crippen molar-refractivity contribution in [2.45, 2.75) is 24.8 Å². The van der Waals surface area contributed by atoms with Crippen LogP contribution in [-0.4, -0.2) is 21.9 Å². The van der Waals surface area contributed by atoms with Gasteiger partial charge in [0.05, 0.1) is 23.5 Å². The third kappa shape index (κ3) is 3.66. The van der Waals surface area contributed by atoms with Crippen molar-refractivity contribution in [3.05, 3.63) is 89.7 Å². The van der Waals surface area contributed by atoms with Gasteiger partial charge in [0.15, 0.2) is 0 Å². The number of hydrogen-bond donors (Lipinski definition) is 1. The Kier molecular flexibility index (Phi) is 5.41. The first kappa shape index (κ1) is 19.3. The van der Waals surface area contributed by atoms with Crippen LogP contribution < -0.4 is 5.32 Å². The molecule has 1 atom stereocenters. The number of fused-ring (bicyclic) bond motifs is 1. The highest BCUT2D eigenvalue weighted by Crippen LogP contribution is 2.26. The second-order valence-electron chi connectivity index (χ2n) is 6.99. The van der Waals surface area contributed by atoms with Gasteiger partial charge in [-0.2, -0.15) is 5.10 Å². The number of rotatable bonds is 5. The molecule has 146 valence electrons. The van der Waals surface area contributed by atoms with Crippen LogP contribution >= 0.6 is 11.8 Å². The summed E-state index contributed by atoms with van der Waals surface area (Å²) in [6.07, 6.45) is 3.83. The maximum atomic E-state index is 12.8. The molecule has 0 aliphatic rings. The lowest BCUT2D eigenvalue weighted by Gasteiger charge is -2.16. The van der Waals surface area contributed by atoms with Crippen molar-refractivity contribution in [1.29, 1.82) is 0 Å². The zero-order valence-corrected chi connectivity index (χ0v) is 17.5. The summed E-state index contributed by atoms with van der Waals surface area (Å²) in [7, 11) is 0. The van der Waals surface area contributed by atoms with Crippen LogP contribution in [-0.2, 0) is 0 Å². The van der Waals surface area contributed by atoms with Gasteiger partial charge in [0, 0.05) is 21.5 Å². The highest BCUT2D eigenvalue weighted by Gasteiger charge is 2.19. The topological polar surface area (TPSA) is 46.9 Å². The quantitative estimate of drug-likeness (QED) is 0.446. The first-order valence-electron chi connectivity index (χ1n) is 9.56. The largest absolute Gasteiger partial charge is 0.345 e. The Hall–Kier alpha value is -3.05. The molecule has 29 heavy (non-hydrogen) atoms. The molecule has 1 aromatic heterocycles. The Labute approximate surface area is 174 Å². The predicted octanol–water partition coefficient (Wildman–Crippen LogP) is 5.55. The molecule has 5 heteroatoms. The van der Waals surface area contributed by atoms with E-state index in [-0.39, 0.29) is 11.9 Å². The maximum absolute atomic E-state index is 12.8. The lowest BCUT2D eigenvalue weighted by Crippen LogP contribution is -2.27. The molecule has 4 nitrogen and oxygen atoms in total. The van der Waals surface area contributed by atoms with Crippen LogP contribution in [0.3, 0.4) is 0 Å². The molecule has 0 aliphatic carbocycles. The molecule has 4 rings (SSSR count). The normalized spacial score (nSPS) is 12.1. The van der Waals surface area contributed by atoms with Gasteiger partial charge in [0.2, 0.25) is 0 Å². The van der Waals surface area contributed by atoms with Crippen LogP contribution in [0.4, 0.5) is 0 Å². The third-order valence-corrected chi connectivity index (χ3v) is 6.00. The predicted molar refractivity (Wildman–Crippen MR) is 120 cm³/mol. The van der Waals surface area contributed by atoms with Gasteiger partial charge in [-0.25, -0.2) is 4.68 Å². The fourth-order valence-electron chi connectivity index (χ4n) is 3.67. The number of carbonyl (C=O) groups is 1. The summed E-state index contributed by atoms with van der Waals surface area (Å²) in [5, 5.41) is 10.1. The molecular formula is C24H23N3OS. The van der Waals surface area contributed by atoms with Crippen LogP contribution in [0.25, 0.3) is 16.5 Å². The number of amides is 1. The number of nitrogens with one attached hydrogen (secondary N) is 1. The van der Waals surface area contributed by atoms with Crippen molar-refractivity contribution in [2.24, 2.45) is 0 Å². The first-order chi connectivity index (χ1) is 14.1. The highest BCUT2D eigenvalue weighted by molar-refractivity contribution is 7.98. The summed E-state index contributed by atoms with van der Waals surface area (Å²) < 4.78 is 1.95. The van der Waals surface area contributed by atoms with E-state index in [0.29, 0.717) is 5.56 Å². The lowest BCUT2D eigenvalue weighted by molar-refractivity contribution is 0.0937. The second-order valence-corrected chi connectivity index (χ2v) is 7.84. The Balaban J connectivity index is 1.64. The van der Waals surface area contributed by atoms with Crippen LogP contribution in [0.15, 0.2) is 77.8 Å². The molecule has 0 unspecified atom stereocenters. The molecule has 0 radical (unpaired) electrons. The van der Waals surface area contributed by atoms with Gasteiger partial charge in [0.25, 0.3) is 5.91 Å². The first-order valence-corrected chi connectivity index (χ1v) is 10.8. The van der Waals surface area contributed by atoms with E-state index in [4.69, 9.17) is 0 Å². The number of benzene rings is 3. The fourth-order valence-corrected chi connectivity index (χ4v) is 4.26. The van der Waals surface area contributed by atoms with Crippen molar-refractivity contribution in [3.8, 4) is 5.69 Å². The lowest BCUT2D eigenvalue weighted by atomic mass is 10.1. The molecule has 0 fully saturated rings. The molecule has 0 saturated carbocycles. The molecule has 1 N–H and O–H groups in total. The second kappa shape index (κ2) is 8.13. The van der Waals surface area contributed by atoms with Crippen molar-refractivity contribution in [3.63, 3.8) is 0 Å². The molecule has 1 amide bonds. The van der Waals surface area contributed by atoms with Crippen molar-refractivity contribution >= 4 is 28.4 Å². The van der Waals surface area contributed by atoms with Crippen molar-refractivity contribution < 1.29 is 4.79 Å². The standard InChI is InChI=1S/C24H23N3OS/c1-16(26-24(28)20-12-6-7-14-23(20)29-3)21-15-25-27(17(21)2)22-13-8-10-18-9-4-5-11-19(18)22/h4-16H,1-3H3,(H,26,28)/t16-/m1/s1. The average molecular weight is 402 g/mol. The molecule has 3 aromatic carbocycles. The van der Waals surface area contributed by atoms with E-state index in [9.17, 15) is 4.79 Å². The Bertz CT molecular complexity index is 1180. The molecule has 4 aromatic rings. The number of hydrogen-bond acceptors (Lipinski definition) is 3. The van der Waals surface area contributed by atoms with Crippen LogP contribution in [0, 0.1) is 6.92 Å². The average Bonchev–Trinajstić information content (AvgIpc) is 3.14. The third-order valence-electron chi connectivity index (χ3n) is 5.21. The summed E-state index contributed by atoms with van der Waals surface area (Å²) in [4.78, 5) is 13.8. The number of nitrogens with zero attached hydrogens (tertiary/aromatic N) is 2. The fraction of sp³-hybridized carbons (Fsp3) is 0.167. The Morgan fingerprint density at radius 3 is 2.59 bits per heavy atom. The molecule has 0 spiro atoms. The van der Waals surface area contributed by atoms with Crippen LogP contribution in [0.5, 0.6) is 0 Å². The number of aromatic nitrogens is 2. The minimum absolute atomic E-state index is 0.0697. The SMILES string of the molecule is CSc1ccccc1C(=O)N[C@H](C)c1cnn(-c2cccc3ccccc23)c1C. The molecule has 0 aliphatic heterocycles. The molecular weight excluding hydrogens is 378 g/mol. The van der Waals surface area contributed by atoms with E-state index in [0.717, 1.165) is 27.2 Å². The van der Waals surface area contributed by atoms with Gasteiger partial charge in [-0.05, 0) is 43.7 Å². The van der Waals surface area contributed by atoms with Gasteiger partial charge >= 0.3 is 0 Å². The summed E-state index contributed by atoms with van der Waals surface area (Å²) >= 11 is 1.57. The van der Waals surface area contributed by atoms with Gasteiger partial charge < -0.3 is 5.32 Å². The van der Waals surface area contributed by atoms with E-state index in [2.05, 4.69) is 34.7 Å². The van der Waals surface area contributed by atoms with E-state index in [1.807, 2.05) is 73.4 Å². The monoisotopic (exact) mass is 401 g/mol. The van der Waals surface area contributed by atoms with E-state index < -0.39 is 0 Å². The maximum Gasteiger partial charge on any atom is 0.252 e. The van der Waals surface area contributed by atoms with Crippen molar-refractivity contribution in [1.82, 2.24) is 15.1 Å². The highest BCUT2D eigenvalue weighted by atomic mass is 32.2. The summed E-state index contributed by atoms with van der Waals surface area (Å²) in [5.74, 6) is -0.0697. The van der Waals surface area contributed by atoms with E-state index in [1.54, 1.807) is 11.8 Å². The minimum Gasteiger partial charge on any atom is -0.345 e. The zero-order chi connectivity index (χ0) is 20.4. The Morgan fingerprint density at radius 2 is 1.76 bits per heavy atom. The summed E-state index contributed by atoms with van der Waals surface area (Å²) in [6.45, 7) is 4.04. The molecule has 0 bridgehead atoms. The molecule has 0 saturated heterocycles. The smallest absolute Gasteiger partial charge is 0.252 e. The van der Waals surface area contributed by atoms with Gasteiger partial charge in [-0.3, -0.25) is 4.79 Å². The van der Waals surface area contributed by atoms with Crippen LogP contribution in [0.2, 0.25) is 0 Å². The zero-order valence-electron chi connectivity index (χ0n) is 16.7. The summed E-state index contributed by atoms with van der Waals surface area (Å²) in [5.41, 5.74) is 3.77. The van der Waals surface area contributed by atoms with E-state index in [1.165, 1.54) is 5.39 Å². The summed E-state index contributed by atoms with van der Waals surface area (Å²) in [6, 6.07) is 22.0. The van der Waals surface area contributed by atoms with Crippen LogP contribution in [0.1, 0.15) is 34.6 Å². The Morgan fingerprint density at radius 1 is 1.03 bits per heavy atom.